The standard InChI is InChI=1S/C17H24FN3O2/c1-17(2,3)14(11-6-4-7-12(18)10-11)21-16(23)20-13-8-5-9-19-15(13)22/h4,6-7,10,13-14H,5,8-9H2,1-3H3,(H,19,22)(H2,20,21,23)/t13-,14-/m0/s1. The summed E-state index contributed by atoms with van der Waals surface area (Å²) in [6, 6.07) is 4.89. The highest BCUT2D eigenvalue weighted by molar-refractivity contribution is 5.87. The minimum Gasteiger partial charge on any atom is -0.354 e. The van der Waals surface area contributed by atoms with Crippen molar-refractivity contribution >= 4 is 11.9 Å². The summed E-state index contributed by atoms with van der Waals surface area (Å²) in [6.45, 7) is 6.55. The minimum atomic E-state index is -0.517. The first-order valence-electron chi connectivity index (χ1n) is 7.87. The van der Waals surface area contributed by atoms with E-state index in [9.17, 15) is 14.0 Å². The third kappa shape index (κ3) is 4.68. The second-order valence-electron chi connectivity index (χ2n) is 6.96. The van der Waals surface area contributed by atoms with Crippen LogP contribution in [0.25, 0.3) is 0 Å². The maximum absolute atomic E-state index is 13.5. The maximum Gasteiger partial charge on any atom is 0.315 e. The number of hydrogen-bond donors (Lipinski definition) is 3. The van der Waals surface area contributed by atoms with E-state index in [1.165, 1.54) is 12.1 Å². The summed E-state index contributed by atoms with van der Waals surface area (Å²) in [7, 11) is 0. The molecule has 0 unspecified atom stereocenters. The van der Waals surface area contributed by atoms with E-state index < -0.39 is 12.1 Å². The van der Waals surface area contributed by atoms with Crippen LogP contribution in [0.3, 0.4) is 0 Å². The lowest BCUT2D eigenvalue weighted by Gasteiger charge is -2.33. The minimum absolute atomic E-state index is 0.163. The van der Waals surface area contributed by atoms with Crippen LogP contribution in [-0.4, -0.2) is 24.5 Å². The highest BCUT2D eigenvalue weighted by atomic mass is 19.1. The molecule has 1 aliphatic heterocycles. The maximum atomic E-state index is 13.5. The molecule has 3 amide bonds. The van der Waals surface area contributed by atoms with Gasteiger partial charge < -0.3 is 16.0 Å². The van der Waals surface area contributed by atoms with Gasteiger partial charge >= 0.3 is 6.03 Å². The summed E-state index contributed by atoms with van der Waals surface area (Å²) in [6.07, 6.45) is 1.46. The Balaban J connectivity index is 2.09. The van der Waals surface area contributed by atoms with Gasteiger partial charge in [-0.15, -0.1) is 0 Å². The summed E-state index contributed by atoms with van der Waals surface area (Å²) in [5.41, 5.74) is 0.390. The fraction of sp³-hybridized carbons (Fsp3) is 0.529. The van der Waals surface area contributed by atoms with Crippen LogP contribution in [0.2, 0.25) is 0 Å². The van der Waals surface area contributed by atoms with E-state index in [2.05, 4.69) is 16.0 Å². The van der Waals surface area contributed by atoms with Crippen LogP contribution in [0.4, 0.5) is 9.18 Å². The zero-order chi connectivity index (χ0) is 17.0. The molecule has 1 aliphatic rings. The van der Waals surface area contributed by atoms with Crippen molar-refractivity contribution in [2.75, 3.05) is 6.54 Å². The number of amides is 3. The van der Waals surface area contributed by atoms with Crippen LogP contribution < -0.4 is 16.0 Å². The predicted octanol–water partition coefficient (Wildman–Crippen LogP) is 2.49. The van der Waals surface area contributed by atoms with E-state index in [0.717, 1.165) is 6.42 Å². The zero-order valence-corrected chi connectivity index (χ0v) is 13.8. The lowest BCUT2D eigenvalue weighted by Crippen LogP contribution is -2.54. The number of piperidine rings is 1. The Hall–Kier alpha value is -2.11. The van der Waals surface area contributed by atoms with Crippen molar-refractivity contribution in [2.24, 2.45) is 5.41 Å². The van der Waals surface area contributed by atoms with Crippen LogP contribution >= 0.6 is 0 Å². The van der Waals surface area contributed by atoms with Gasteiger partial charge in [0.15, 0.2) is 0 Å². The number of nitrogens with one attached hydrogen (secondary N) is 3. The van der Waals surface area contributed by atoms with Crippen molar-refractivity contribution < 1.29 is 14.0 Å². The smallest absolute Gasteiger partial charge is 0.315 e. The van der Waals surface area contributed by atoms with Gasteiger partial charge in [0.05, 0.1) is 6.04 Å². The second-order valence-corrected chi connectivity index (χ2v) is 6.96. The molecule has 126 valence electrons. The van der Waals surface area contributed by atoms with Crippen LogP contribution in [-0.2, 0) is 4.79 Å². The Morgan fingerprint density at radius 1 is 1.39 bits per heavy atom. The van der Waals surface area contributed by atoms with Crippen molar-refractivity contribution in [1.82, 2.24) is 16.0 Å². The molecule has 0 saturated carbocycles. The van der Waals surface area contributed by atoms with E-state index in [1.54, 1.807) is 12.1 Å². The predicted molar refractivity (Wildman–Crippen MR) is 86.3 cm³/mol. The number of urea groups is 1. The van der Waals surface area contributed by atoms with Crippen LogP contribution in [0, 0.1) is 11.2 Å². The van der Waals surface area contributed by atoms with Gasteiger partial charge in [0.1, 0.15) is 11.9 Å². The van der Waals surface area contributed by atoms with Crippen molar-refractivity contribution in [3.8, 4) is 0 Å². The molecule has 1 saturated heterocycles. The molecular weight excluding hydrogens is 297 g/mol. The Morgan fingerprint density at radius 2 is 2.13 bits per heavy atom. The van der Waals surface area contributed by atoms with Crippen LogP contribution in [0.15, 0.2) is 24.3 Å². The number of halogens is 1. The van der Waals surface area contributed by atoms with Gasteiger partial charge in [0.2, 0.25) is 5.91 Å². The number of rotatable bonds is 3. The van der Waals surface area contributed by atoms with Gasteiger partial charge in [-0.05, 0) is 36.0 Å². The third-order valence-corrected chi connectivity index (χ3v) is 3.91. The number of hydrogen-bond acceptors (Lipinski definition) is 2. The van der Waals surface area contributed by atoms with Crippen molar-refractivity contribution in [3.05, 3.63) is 35.6 Å². The van der Waals surface area contributed by atoms with E-state index in [1.807, 2.05) is 20.8 Å². The molecule has 23 heavy (non-hydrogen) atoms. The van der Waals surface area contributed by atoms with E-state index in [0.29, 0.717) is 18.5 Å². The average Bonchev–Trinajstić information content (AvgIpc) is 2.46. The average molecular weight is 321 g/mol. The van der Waals surface area contributed by atoms with Gasteiger partial charge in [-0.25, -0.2) is 9.18 Å². The molecule has 0 aromatic heterocycles. The van der Waals surface area contributed by atoms with Gasteiger partial charge in [-0.2, -0.15) is 0 Å². The van der Waals surface area contributed by atoms with Crippen molar-refractivity contribution in [1.29, 1.82) is 0 Å². The molecule has 1 fully saturated rings. The Kier molecular flexibility index (Phi) is 5.23. The first-order valence-corrected chi connectivity index (χ1v) is 7.87. The fourth-order valence-electron chi connectivity index (χ4n) is 2.73. The summed E-state index contributed by atoms with van der Waals surface area (Å²) in [5, 5.41) is 8.30. The third-order valence-electron chi connectivity index (χ3n) is 3.91. The number of carbonyl (C=O) groups is 2. The summed E-state index contributed by atoms with van der Waals surface area (Å²) >= 11 is 0. The van der Waals surface area contributed by atoms with Gasteiger partial charge in [-0.1, -0.05) is 32.9 Å². The second kappa shape index (κ2) is 6.98. The molecule has 0 radical (unpaired) electrons. The van der Waals surface area contributed by atoms with E-state index >= 15 is 0 Å². The van der Waals surface area contributed by atoms with Crippen LogP contribution in [0.5, 0.6) is 0 Å². The lowest BCUT2D eigenvalue weighted by molar-refractivity contribution is -0.124. The monoisotopic (exact) mass is 321 g/mol. The molecule has 5 nitrogen and oxygen atoms in total. The van der Waals surface area contributed by atoms with Gasteiger partial charge in [-0.3, -0.25) is 4.79 Å². The number of benzene rings is 1. The molecule has 6 heteroatoms. The SMILES string of the molecule is CC(C)(C)[C@@H](NC(=O)N[C@H]1CCCNC1=O)c1cccc(F)c1. The van der Waals surface area contributed by atoms with E-state index in [4.69, 9.17) is 0 Å². The molecule has 1 aromatic rings. The highest BCUT2D eigenvalue weighted by Gasteiger charge is 2.30. The van der Waals surface area contributed by atoms with E-state index in [-0.39, 0.29) is 23.2 Å². The quantitative estimate of drug-likeness (QED) is 0.800. The molecule has 1 aromatic carbocycles. The normalized spacial score (nSPS) is 19.7. The fourth-order valence-corrected chi connectivity index (χ4v) is 2.73. The molecule has 0 bridgehead atoms. The summed E-state index contributed by atoms with van der Waals surface area (Å²) in [4.78, 5) is 24.0. The Morgan fingerprint density at radius 3 is 2.74 bits per heavy atom. The molecule has 2 rings (SSSR count). The first kappa shape index (κ1) is 17.2. The summed E-state index contributed by atoms with van der Waals surface area (Å²) in [5.74, 6) is -0.505. The molecule has 3 N–H and O–H groups in total. The molecule has 2 atom stereocenters. The lowest BCUT2D eigenvalue weighted by atomic mass is 9.82. The first-order chi connectivity index (χ1) is 10.8. The van der Waals surface area contributed by atoms with Gasteiger partial charge in [0.25, 0.3) is 0 Å². The van der Waals surface area contributed by atoms with Crippen molar-refractivity contribution in [2.45, 2.75) is 45.7 Å². The highest BCUT2D eigenvalue weighted by Crippen LogP contribution is 2.32. The zero-order valence-electron chi connectivity index (χ0n) is 13.8. The summed E-state index contributed by atoms with van der Waals surface area (Å²) < 4.78 is 13.5. The number of carbonyl (C=O) groups excluding carboxylic acids is 2. The molecule has 0 aliphatic carbocycles. The molecular formula is C17H24FN3O2. The Bertz CT molecular complexity index is 583. The molecule has 0 spiro atoms. The topological polar surface area (TPSA) is 70.2 Å². The van der Waals surface area contributed by atoms with Crippen molar-refractivity contribution in [3.63, 3.8) is 0 Å². The largest absolute Gasteiger partial charge is 0.354 e. The van der Waals surface area contributed by atoms with Gasteiger partial charge in [0, 0.05) is 6.54 Å². The molecule has 1 heterocycles. The van der Waals surface area contributed by atoms with Crippen LogP contribution in [0.1, 0.15) is 45.2 Å². The Labute approximate surface area is 136 Å².